The van der Waals surface area contributed by atoms with Gasteiger partial charge in [0.05, 0.1) is 13.7 Å². The third kappa shape index (κ3) is 7.21. The SMILES string of the molecule is CCNC(=NCCC(=O)N(CC)CC)NCCc1ccc(OC)cc1O. The molecule has 0 bridgehead atoms. The van der Waals surface area contributed by atoms with E-state index in [-0.39, 0.29) is 11.7 Å². The van der Waals surface area contributed by atoms with Gasteiger partial charge in [-0.15, -0.1) is 0 Å². The molecule has 1 aromatic carbocycles. The maximum atomic E-state index is 12.0. The molecule has 0 aromatic heterocycles. The summed E-state index contributed by atoms with van der Waals surface area (Å²) in [5, 5.41) is 16.4. The highest BCUT2D eigenvalue weighted by Crippen LogP contribution is 2.23. The molecule has 0 fully saturated rings. The number of amides is 1. The van der Waals surface area contributed by atoms with E-state index in [1.54, 1.807) is 13.2 Å². The van der Waals surface area contributed by atoms with Gasteiger partial charge in [0.2, 0.25) is 5.91 Å². The fourth-order valence-corrected chi connectivity index (χ4v) is 2.54. The van der Waals surface area contributed by atoms with Gasteiger partial charge >= 0.3 is 0 Å². The third-order valence-electron chi connectivity index (χ3n) is 4.04. The first-order valence-electron chi connectivity index (χ1n) is 9.21. The molecule has 0 aliphatic rings. The molecule has 7 heteroatoms. The van der Waals surface area contributed by atoms with Crippen LogP contribution < -0.4 is 15.4 Å². The number of rotatable bonds is 10. The Labute approximate surface area is 156 Å². The molecule has 26 heavy (non-hydrogen) atoms. The summed E-state index contributed by atoms with van der Waals surface area (Å²) in [7, 11) is 1.57. The molecule has 0 aliphatic heterocycles. The molecule has 146 valence electrons. The van der Waals surface area contributed by atoms with Crippen LogP contribution >= 0.6 is 0 Å². The molecule has 0 saturated heterocycles. The number of hydrogen-bond acceptors (Lipinski definition) is 4. The quantitative estimate of drug-likeness (QED) is 0.435. The number of ether oxygens (including phenoxy) is 1. The van der Waals surface area contributed by atoms with Crippen molar-refractivity contribution in [1.29, 1.82) is 0 Å². The summed E-state index contributed by atoms with van der Waals surface area (Å²) in [6.45, 7) is 9.20. The highest BCUT2D eigenvalue weighted by atomic mass is 16.5. The molecule has 0 unspecified atom stereocenters. The van der Waals surface area contributed by atoms with Gasteiger partial charge in [-0.2, -0.15) is 0 Å². The number of guanidine groups is 1. The predicted molar refractivity (Wildman–Crippen MR) is 105 cm³/mol. The van der Waals surface area contributed by atoms with E-state index in [2.05, 4.69) is 15.6 Å². The molecule has 0 saturated carbocycles. The van der Waals surface area contributed by atoms with E-state index >= 15 is 0 Å². The number of carbonyl (C=O) groups excluding carboxylic acids is 1. The summed E-state index contributed by atoms with van der Waals surface area (Å²) in [4.78, 5) is 18.3. The summed E-state index contributed by atoms with van der Waals surface area (Å²) in [6, 6.07) is 5.28. The molecule has 1 aromatic rings. The van der Waals surface area contributed by atoms with Crippen LogP contribution in [0.3, 0.4) is 0 Å². The number of phenols is 1. The zero-order valence-electron chi connectivity index (χ0n) is 16.3. The maximum Gasteiger partial charge on any atom is 0.224 e. The van der Waals surface area contributed by atoms with Crippen molar-refractivity contribution in [3.63, 3.8) is 0 Å². The van der Waals surface area contributed by atoms with Crippen molar-refractivity contribution in [1.82, 2.24) is 15.5 Å². The number of aromatic hydroxyl groups is 1. The number of nitrogens with one attached hydrogen (secondary N) is 2. The van der Waals surface area contributed by atoms with Gasteiger partial charge in [-0.05, 0) is 38.8 Å². The number of carbonyl (C=O) groups is 1. The Morgan fingerprint density at radius 3 is 2.54 bits per heavy atom. The van der Waals surface area contributed by atoms with Crippen molar-refractivity contribution in [2.24, 2.45) is 4.99 Å². The van der Waals surface area contributed by atoms with Crippen molar-refractivity contribution >= 4 is 11.9 Å². The van der Waals surface area contributed by atoms with Crippen LogP contribution in [0.4, 0.5) is 0 Å². The first kappa shape index (κ1) is 21.6. The fraction of sp³-hybridized carbons (Fsp3) is 0.579. The van der Waals surface area contributed by atoms with Crippen LogP contribution in [0.5, 0.6) is 11.5 Å². The molecule has 1 amide bonds. The minimum atomic E-state index is 0.123. The van der Waals surface area contributed by atoms with E-state index < -0.39 is 0 Å². The van der Waals surface area contributed by atoms with E-state index in [9.17, 15) is 9.90 Å². The van der Waals surface area contributed by atoms with Crippen molar-refractivity contribution in [2.75, 3.05) is 39.8 Å². The number of benzene rings is 1. The number of nitrogens with zero attached hydrogens (tertiary/aromatic N) is 2. The van der Waals surface area contributed by atoms with Crippen LogP contribution in [0.2, 0.25) is 0 Å². The summed E-state index contributed by atoms with van der Waals surface area (Å²) >= 11 is 0. The zero-order valence-corrected chi connectivity index (χ0v) is 16.3. The average Bonchev–Trinajstić information content (AvgIpc) is 2.64. The smallest absolute Gasteiger partial charge is 0.224 e. The molecule has 3 N–H and O–H groups in total. The van der Waals surface area contributed by atoms with E-state index in [0.29, 0.717) is 37.6 Å². The Kier molecular flexibility index (Phi) is 9.97. The Bertz CT molecular complexity index is 586. The monoisotopic (exact) mass is 364 g/mol. The van der Waals surface area contributed by atoms with Gasteiger partial charge in [0.1, 0.15) is 11.5 Å². The molecule has 0 aliphatic carbocycles. The van der Waals surface area contributed by atoms with Gasteiger partial charge in [0.25, 0.3) is 0 Å². The molecular weight excluding hydrogens is 332 g/mol. The van der Waals surface area contributed by atoms with Gasteiger partial charge in [0.15, 0.2) is 5.96 Å². The number of hydrogen-bond donors (Lipinski definition) is 3. The molecule has 1 rings (SSSR count). The van der Waals surface area contributed by atoms with Gasteiger partial charge < -0.3 is 25.4 Å². The molecule has 0 heterocycles. The van der Waals surface area contributed by atoms with Crippen LogP contribution in [-0.2, 0) is 11.2 Å². The number of methoxy groups -OCH3 is 1. The summed E-state index contributed by atoms with van der Waals surface area (Å²) < 4.78 is 5.09. The van der Waals surface area contributed by atoms with Crippen LogP contribution in [0, 0.1) is 0 Å². The van der Waals surface area contributed by atoms with Crippen LogP contribution in [0.25, 0.3) is 0 Å². The summed E-state index contributed by atoms with van der Waals surface area (Å²) in [5.41, 5.74) is 0.839. The Morgan fingerprint density at radius 2 is 1.96 bits per heavy atom. The van der Waals surface area contributed by atoms with Crippen molar-refractivity contribution in [3.05, 3.63) is 23.8 Å². The lowest BCUT2D eigenvalue weighted by Gasteiger charge is -2.18. The topological polar surface area (TPSA) is 86.2 Å². The lowest BCUT2D eigenvalue weighted by Crippen LogP contribution is -2.38. The van der Waals surface area contributed by atoms with Crippen LogP contribution in [-0.4, -0.2) is 61.7 Å². The summed E-state index contributed by atoms with van der Waals surface area (Å²) in [5.74, 6) is 1.65. The second-order valence-corrected chi connectivity index (χ2v) is 5.75. The van der Waals surface area contributed by atoms with E-state index in [0.717, 1.165) is 25.2 Å². The maximum absolute atomic E-state index is 12.0. The lowest BCUT2D eigenvalue weighted by atomic mass is 10.1. The largest absolute Gasteiger partial charge is 0.508 e. The van der Waals surface area contributed by atoms with E-state index in [1.807, 2.05) is 37.8 Å². The summed E-state index contributed by atoms with van der Waals surface area (Å²) in [6.07, 6.45) is 1.05. The molecule has 7 nitrogen and oxygen atoms in total. The lowest BCUT2D eigenvalue weighted by molar-refractivity contribution is -0.130. The molecular formula is C19H32N4O3. The Hall–Kier alpha value is -2.44. The highest BCUT2D eigenvalue weighted by Gasteiger charge is 2.09. The molecule has 0 spiro atoms. The predicted octanol–water partition coefficient (Wildman–Crippen LogP) is 1.76. The van der Waals surface area contributed by atoms with Gasteiger partial charge in [-0.25, -0.2) is 0 Å². The number of phenolic OH excluding ortho intramolecular Hbond substituents is 1. The first-order valence-corrected chi connectivity index (χ1v) is 9.21. The second-order valence-electron chi connectivity index (χ2n) is 5.75. The first-order chi connectivity index (χ1) is 12.5. The average molecular weight is 364 g/mol. The fourth-order valence-electron chi connectivity index (χ4n) is 2.54. The Balaban J connectivity index is 2.50. The number of aliphatic imine (C=N–C) groups is 1. The third-order valence-corrected chi connectivity index (χ3v) is 4.04. The van der Waals surface area contributed by atoms with Crippen molar-refractivity contribution in [3.8, 4) is 11.5 Å². The van der Waals surface area contributed by atoms with E-state index in [4.69, 9.17) is 4.74 Å². The van der Waals surface area contributed by atoms with Gasteiger partial charge in [-0.1, -0.05) is 6.07 Å². The standard InChI is InChI=1S/C19H32N4O3/c1-5-20-19(22-13-11-18(25)23(6-2)7-3)21-12-10-15-8-9-16(26-4)14-17(15)24/h8-9,14,24H,5-7,10-13H2,1-4H3,(H2,20,21,22). The van der Waals surface area contributed by atoms with Gasteiger partial charge in [0, 0.05) is 38.7 Å². The van der Waals surface area contributed by atoms with E-state index in [1.165, 1.54) is 0 Å². The second kappa shape index (κ2) is 12.0. The Morgan fingerprint density at radius 1 is 1.23 bits per heavy atom. The molecule has 0 radical (unpaired) electrons. The van der Waals surface area contributed by atoms with Crippen molar-refractivity contribution < 1.29 is 14.6 Å². The zero-order chi connectivity index (χ0) is 19.4. The highest BCUT2D eigenvalue weighted by molar-refractivity contribution is 5.80. The van der Waals surface area contributed by atoms with Crippen molar-refractivity contribution in [2.45, 2.75) is 33.6 Å². The molecule has 0 atom stereocenters. The van der Waals surface area contributed by atoms with Crippen LogP contribution in [0.15, 0.2) is 23.2 Å². The van der Waals surface area contributed by atoms with Crippen LogP contribution in [0.1, 0.15) is 32.8 Å². The normalized spacial score (nSPS) is 11.2. The van der Waals surface area contributed by atoms with Gasteiger partial charge in [-0.3, -0.25) is 9.79 Å². The minimum absolute atomic E-state index is 0.123. The minimum Gasteiger partial charge on any atom is -0.508 e.